The van der Waals surface area contributed by atoms with Crippen LogP contribution >= 0.6 is 28.1 Å². The number of hydrogen-bond acceptors (Lipinski definition) is 5. The maximum absolute atomic E-state index is 12.8. The van der Waals surface area contributed by atoms with Gasteiger partial charge in [0.25, 0.3) is 11.8 Å². The van der Waals surface area contributed by atoms with Crippen LogP contribution in [0.25, 0.3) is 6.08 Å². The molecule has 0 radical (unpaired) electrons. The van der Waals surface area contributed by atoms with Crippen molar-refractivity contribution in [3.63, 3.8) is 0 Å². The predicted molar refractivity (Wildman–Crippen MR) is 131 cm³/mol. The van der Waals surface area contributed by atoms with Gasteiger partial charge in [0.2, 0.25) is 0 Å². The molecule has 0 bridgehead atoms. The van der Waals surface area contributed by atoms with Crippen LogP contribution in [0.1, 0.15) is 23.6 Å². The van der Waals surface area contributed by atoms with Crippen molar-refractivity contribution in [2.75, 3.05) is 13.2 Å². The van der Waals surface area contributed by atoms with Gasteiger partial charge in [-0.15, -0.1) is 6.58 Å². The van der Waals surface area contributed by atoms with Crippen LogP contribution in [-0.4, -0.2) is 35.0 Å². The maximum atomic E-state index is 12.8. The van der Waals surface area contributed by atoms with E-state index in [1.165, 1.54) is 11.0 Å². The van der Waals surface area contributed by atoms with E-state index in [4.69, 9.17) is 21.7 Å². The summed E-state index contributed by atoms with van der Waals surface area (Å²) in [6.45, 7) is 8.52. The number of nitrogens with one attached hydrogen (secondary N) is 1. The molecule has 0 saturated carbocycles. The number of carbonyl (C=O) groups is 2. The Kier molecular flexibility index (Phi) is 7.82. The molecule has 1 N–H and O–H groups in total. The summed E-state index contributed by atoms with van der Waals surface area (Å²) in [7, 11) is 0. The van der Waals surface area contributed by atoms with Crippen LogP contribution < -0.4 is 14.8 Å². The van der Waals surface area contributed by atoms with Gasteiger partial charge in [0.15, 0.2) is 16.6 Å². The van der Waals surface area contributed by atoms with E-state index in [2.05, 4.69) is 33.9 Å². The standard InChI is InChI=1S/C24H23BrN2O4S/c1-4-9-27-23(29)18(22(28)26-24(27)32)11-17-12-19(25)21(20(13-17)30-5-2)31-14-16-8-6-7-15(3)10-16/h4,6-8,10-13H,1,5,9,14H2,2-3H3,(H,26,28,32)/b18-11+. The highest BCUT2D eigenvalue weighted by Crippen LogP contribution is 2.38. The predicted octanol–water partition coefficient (Wildman–Crippen LogP) is 4.55. The molecule has 1 aliphatic rings. The van der Waals surface area contributed by atoms with E-state index in [-0.39, 0.29) is 17.2 Å². The zero-order chi connectivity index (χ0) is 23.3. The smallest absolute Gasteiger partial charge is 0.265 e. The van der Waals surface area contributed by atoms with Gasteiger partial charge in [-0.05, 0) is 71.3 Å². The van der Waals surface area contributed by atoms with Crippen LogP contribution in [0.2, 0.25) is 0 Å². The Labute approximate surface area is 201 Å². The fourth-order valence-corrected chi connectivity index (χ4v) is 4.01. The SMILES string of the molecule is C=CCN1C(=O)/C(=C/c2cc(Br)c(OCc3cccc(C)c3)c(OCC)c2)C(=O)NC1=S. The minimum atomic E-state index is -0.547. The Bertz CT molecular complexity index is 1110. The second kappa shape index (κ2) is 10.6. The lowest BCUT2D eigenvalue weighted by molar-refractivity contribution is -0.128. The summed E-state index contributed by atoms with van der Waals surface area (Å²) in [5, 5.41) is 2.60. The molecule has 32 heavy (non-hydrogen) atoms. The number of amides is 2. The second-order valence-electron chi connectivity index (χ2n) is 7.06. The van der Waals surface area contributed by atoms with E-state index < -0.39 is 11.8 Å². The van der Waals surface area contributed by atoms with Crippen molar-refractivity contribution >= 4 is 51.2 Å². The largest absolute Gasteiger partial charge is 0.490 e. The number of carbonyl (C=O) groups excluding carboxylic acids is 2. The Morgan fingerprint density at radius 2 is 2.00 bits per heavy atom. The third-order valence-corrected chi connectivity index (χ3v) is 5.52. The molecule has 2 aromatic rings. The summed E-state index contributed by atoms with van der Waals surface area (Å²) in [4.78, 5) is 26.5. The van der Waals surface area contributed by atoms with Gasteiger partial charge < -0.3 is 9.47 Å². The molecule has 0 atom stereocenters. The number of hydrogen-bond donors (Lipinski definition) is 1. The molecule has 2 aromatic carbocycles. The summed E-state index contributed by atoms with van der Waals surface area (Å²) < 4.78 is 12.5. The lowest BCUT2D eigenvalue weighted by Crippen LogP contribution is -2.53. The fraction of sp³-hybridized carbons (Fsp3) is 0.208. The van der Waals surface area contributed by atoms with E-state index in [1.54, 1.807) is 18.2 Å². The van der Waals surface area contributed by atoms with Gasteiger partial charge in [-0.2, -0.15) is 0 Å². The highest BCUT2D eigenvalue weighted by Gasteiger charge is 2.32. The van der Waals surface area contributed by atoms with Gasteiger partial charge in [0.05, 0.1) is 11.1 Å². The Morgan fingerprint density at radius 1 is 1.22 bits per heavy atom. The third kappa shape index (κ3) is 5.44. The van der Waals surface area contributed by atoms with Crippen molar-refractivity contribution in [3.8, 4) is 11.5 Å². The Morgan fingerprint density at radius 3 is 2.69 bits per heavy atom. The third-order valence-electron chi connectivity index (χ3n) is 4.61. The van der Waals surface area contributed by atoms with Gasteiger partial charge in [-0.1, -0.05) is 35.9 Å². The molecule has 1 aliphatic heterocycles. The van der Waals surface area contributed by atoms with Crippen LogP contribution in [0.5, 0.6) is 11.5 Å². The molecule has 1 fully saturated rings. The molecule has 0 aliphatic carbocycles. The molecule has 1 saturated heterocycles. The van der Waals surface area contributed by atoms with Crippen LogP contribution in [-0.2, 0) is 16.2 Å². The Hall–Kier alpha value is -2.97. The van der Waals surface area contributed by atoms with E-state index in [1.807, 2.05) is 32.0 Å². The zero-order valence-corrected chi connectivity index (χ0v) is 20.2. The number of benzene rings is 2. The van der Waals surface area contributed by atoms with Crippen molar-refractivity contribution in [1.82, 2.24) is 10.2 Å². The van der Waals surface area contributed by atoms with Crippen molar-refractivity contribution < 1.29 is 19.1 Å². The molecular formula is C24H23BrN2O4S. The van der Waals surface area contributed by atoms with Crippen LogP contribution in [0, 0.1) is 6.92 Å². The van der Waals surface area contributed by atoms with Crippen molar-refractivity contribution in [2.45, 2.75) is 20.5 Å². The number of thiocarbonyl (C=S) groups is 1. The Balaban J connectivity index is 1.92. The van der Waals surface area contributed by atoms with Crippen molar-refractivity contribution in [3.05, 3.63) is 75.8 Å². The topological polar surface area (TPSA) is 67.9 Å². The molecule has 3 rings (SSSR count). The van der Waals surface area contributed by atoms with Crippen molar-refractivity contribution in [1.29, 1.82) is 0 Å². The lowest BCUT2D eigenvalue weighted by atomic mass is 10.1. The highest BCUT2D eigenvalue weighted by atomic mass is 79.9. The van der Waals surface area contributed by atoms with Gasteiger partial charge in [0.1, 0.15) is 12.2 Å². The van der Waals surface area contributed by atoms with Gasteiger partial charge in [-0.25, -0.2) is 0 Å². The van der Waals surface area contributed by atoms with Crippen LogP contribution in [0.4, 0.5) is 0 Å². The normalized spacial score (nSPS) is 15.0. The number of ether oxygens (including phenoxy) is 2. The van der Waals surface area contributed by atoms with E-state index in [0.29, 0.717) is 34.7 Å². The number of halogens is 1. The molecule has 8 heteroatoms. The molecule has 2 amide bonds. The minimum absolute atomic E-state index is 0.0248. The molecule has 0 unspecified atom stereocenters. The summed E-state index contributed by atoms with van der Waals surface area (Å²) in [6, 6.07) is 11.6. The first kappa shape index (κ1) is 23.7. The van der Waals surface area contributed by atoms with Gasteiger partial charge in [-0.3, -0.25) is 19.8 Å². The lowest BCUT2D eigenvalue weighted by Gasteiger charge is -2.27. The monoisotopic (exact) mass is 514 g/mol. The van der Waals surface area contributed by atoms with Crippen LogP contribution in [0.3, 0.4) is 0 Å². The second-order valence-corrected chi connectivity index (χ2v) is 8.30. The fourth-order valence-electron chi connectivity index (χ4n) is 3.19. The molecule has 1 heterocycles. The van der Waals surface area contributed by atoms with E-state index in [0.717, 1.165) is 11.1 Å². The first-order valence-corrected chi connectivity index (χ1v) is 11.2. The molecule has 6 nitrogen and oxygen atoms in total. The first-order valence-electron chi connectivity index (χ1n) is 9.98. The number of nitrogens with zero attached hydrogens (tertiary/aromatic N) is 1. The maximum Gasteiger partial charge on any atom is 0.265 e. The summed E-state index contributed by atoms with van der Waals surface area (Å²) in [5.41, 5.74) is 2.77. The van der Waals surface area contributed by atoms with E-state index >= 15 is 0 Å². The van der Waals surface area contributed by atoms with Crippen LogP contribution in [0.15, 0.2) is 59.1 Å². The molecule has 0 aromatic heterocycles. The zero-order valence-electron chi connectivity index (χ0n) is 17.8. The summed E-state index contributed by atoms with van der Waals surface area (Å²) in [5.74, 6) is 0.0228. The first-order chi connectivity index (χ1) is 15.3. The average molecular weight is 515 g/mol. The minimum Gasteiger partial charge on any atom is -0.490 e. The molecular weight excluding hydrogens is 492 g/mol. The number of aryl methyl sites for hydroxylation is 1. The van der Waals surface area contributed by atoms with E-state index in [9.17, 15) is 9.59 Å². The quantitative estimate of drug-likeness (QED) is 0.242. The van der Waals surface area contributed by atoms with Crippen molar-refractivity contribution in [2.24, 2.45) is 0 Å². The van der Waals surface area contributed by atoms with Gasteiger partial charge in [0, 0.05) is 6.54 Å². The number of rotatable bonds is 8. The molecule has 166 valence electrons. The van der Waals surface area contributed by atoms with Gasteiger partial charge >= 0.3 is 0 Å². The molecule has 0 spiro atoms. The summed E-state index contributed by atoms with van der Waals surface area (Å²) in [6.07, 6.45) is 3.05. The summed E-state index contributed by atoms with van der Waals surface area (Å²) >= 11 is 8.62. The average Bonchev–Trinajstić information content (AvgIpc) is 2.74. The highest BCUT2D eigenvalue weighted by molar-refractivity contribution is 9.10.